The van der Waals surface area contributed by atoms with E-state index in [9.17, 15) is 14.7 Å². The molecule has 1 amide bonds. The van der Waals surface area contributed by atoms with Crippen LogP contribution in [-0.4, -0.2) is 48.0 Å². The fourth-order valence-corrected chi connectivity index (χ4v) is 6.04. The van der Waals surface area contributed by atoms with Crippen molar-refractivity contribution < 1.29 is 23.8 Å². The van der Waals surface area contributed by atoms with E-state index >= 15 is 0 Å². The predicted molar refractivity (Wildman–Crippen MR) is 191 cm³/mol. The molecular weight excluding hydrogens is 644 g/mol. The molecule has 0 spiro atoms. The summed E-state index contributed by atoms with van der Waals surface area (Å²) in [6.07, 6.45) is 3.55. The Morgan fingerprint density at radius 2 is 1.82 bits per heavy atom. The van der Waals surface area contributed by atoms with Crippen LogP contribution in [-0.2, 0) is 15.3 Å². The van der Waals surface area contributed by atoms with Crippen molar-refractivity contribution in [3.05, 3.63) is 148 Å². The SMILES string of the molecule is [N-]=[N+]=Nc1ccccc1[C@@H]1OC(c2ccc(OCCCO)cc2)=N[C@]1(C/C=C/c1ccccc1)C(=O)NNCCSCc1ccc(F)cc1. The van der Waals surface area contributed by atoms with Gasteiger partial charge in [-0.15, -0.1) is 0 Å². The minimum Gasteiger partial charge on any atom is -0.494 e. The maximum absolute atomic E-state index is 14.3. The molecule has 252 valence electrons. The molecule has 2 atom stereocenters. The average Bonchev–Trinajstić information content (AvgIpc) is 3.52. The number of hydrogen-bond acceptors (Lipinski definition) is 8. The number of nitrogens with zero attached hydrogens (tertiary/aromatic N) is 4. The van der Waals surface area contributed by atoms with Gasteiger partial charge in [0.1, 0.15) is 11.6 Å². The van der Waals surface area contributed by atoms with Gasteiger partial charge in [-0.3, -0.25) is 10.2 Å². The highest BCUT2D eigenvalue weighted by Crippen LogP contribution is 2.45. The van der Waals surface area contributed by atoms with Crippen LogP contribution in [0.1, 0.15) is 41.2 Å². The number of amides is 1. The first-order valence-corrected chi connectivity index (χ1v) is 17.0. The molecule has 5 rings (SSSR count). The highest BCUT2D eigenvalue weighted by Gasteiger charge is 2.53. The monoisotopic (exact) mass is 680 g/mol. The third-order valence-electron chi connectivity index (χ3n) is 7.70. The number of ether oxygens (including phenoxy) is 2. The summed E-state index contributed by atoms with van der Waals surface area (Å²) in [6, 6.07) is 30.3. The number of halogens is 1. The molecule has 10 nitrogen and oxygen atoms in total. The molecule has 0 fully saturated rings. The van der Waals surface area contributed by atoms with Gasteiger partial charge in [-0.05, 0) is 53.1 Å². The van der Waals surface area contributed by atoms with Crippen LogP contribution in [0.3, 0.4) is 0 Å². The summed E-state index contributed by atoms with van der Waals surface area (Å²) >= 11 is 1.65. The Bertz CT molecular complexity index is 1780. The Morgan fingerprint density at radius 3 is 2.57 bits per heavy atom. The molecule has 0 unspecified atom stereocenters. The number of aliphatic hydroxyl groups excluding tert-OH is 1. The lowest BCUT2D eigenvalue weighted by Crippen LogP contribution is -2.52. The molecule has 1 heterocycles. The summed E-state index contributed by atoms with van der Waals surface area (Å²) in [5, 5.41) is 13.0. The van der Waals surface area contributed by atoms with Gasteiger partial charge in [-0.25, -0.2) is 14.8 Å². The number of thioether (sulfide) groups is 1. The smallest absolute Gasteiger partial charge is 0.266 e. The molecule has 0 saturated carbocycles. The van der Waals surface area contributed by atoms with E-state index in [1.807, 2.05) is 42.5 Å². The van der Waals surface area contributed by atoms with E-state index in [-0.39, 0.29) is 24.7 Å². The second-order valence-corrected chi connectivity index (χ2v) is 12.2. The van der Waals surface area contributed by atoms with Gasteiger partial charge in [0.15, 0.2) is 11.6 Å². The summed E-state index contributed by atoms with van der Waals surface area (Å²) in [7, 11) is 0. The Balaban J connectivity index is 1.43. The lowest BCUT2D eigenvalue weighted by molar-refractivity contribution is -0.129. The number of carbonyl (C=O) groups excluding carboxylic acids is 1. The molecule has 0 aliphatic carbocycles. The molecule has 0 bridgehead atoms. The second kappa shape index (κ2) is 17.9. The van der Waals surface area contributed by atoms with Crippen molar-refractivity contribution in [3.8, 4) is 5.75 Å². The predicted octanol–water partition coefficient (Wildman–Crippen LogP) is 7.44. The van der Waals surface area contributed by atoms with Gasteiger partial charge in [-0.2, -0.15) is 11.8 Å². The van der Waals surface area contributed by atoms with Crippen molar-refractivity contribution in [3.63, 3.8) is 0 Å². The van der Waals surface area contributed by atoms with Crippen LogP contribution in [0, 0.1) is 5.82 Å². The Labute approximate surface area is 288 Å². The van der Waals surface area contributed by atoms with Gasteiger partial charge in [0.25, 0.3) is 5.91 Å². The van der Waals surface area contributed by atoms with Gasteiger partial charge in [0, 0.05) is 59.2 Å². The van der Waals surface area contributed by atoms with Crippen LogP contribution in [0.5, 0.6) is 5.75 Å². The van der Waals surface area contributed by atoms with Crippen molar-refractivity contribution in [1.29, 1.82) is 0 Å². The fraction of sp³-hybridized carbons (Fsp3) is 0.243. The number of hydrogen-bond donors (Lipinski definition) is 3. The third kappa shape index (κ3) is 9.49. The lowest BCUT2D eigenvalue weighted by Gasteiger charge is -2.30. The van der Waals surface area contributed by atoms with Gasteiger partial charge >= 0.3 is 0 Å². The molecule has 0 aromatic heterocycles. The van der Waals surface area contributed by atoms with Crippen molar-refractivity contribution in [2.24, 2.45) is 10.1 Å². The number of rotatable bonds is 17. The second-order valence-electron chi connectivity index (χ2n) is 11.1. The van der Waals surface area contributed by atoms with Crippen LogP contribution in [0.2, 0.25) is 0 Å². The molecule has 0 saturated heterocycles. The zero-order valence-corrected chi connectivity index (χ0v) is 27.6. The number of azide groups is 1. The van der Waals surface area contributed by atoms with Gasteiger partial charge in [0.2, 0.25) is 5.90 Å². The summed E-state index contributed by atoms with van der Waals surface area (Å²) in [5.74, 6) is 1.56. The van der Waals surface area contributed by atoms with Crippen LogP contribution in [0.4, 0.5) is 10.1 Å². The van der Waals surface area contributed by atoms with E-state index in [0.717, 1.165) is 11.1 Å². The molecule has 1 aliphatic rings. The molecule has 3 N–H and O–H groups in total. The van der Waals surface area contributed by atoms with E-state index < -0.39 is 17.6 Å². The van der Waals surface area contributed by atoms with Gasteiger partial charge in [0.05, 0.1) is 6.61 Å². The first-order valence-electron chi connectivity index (χ1n) is 15.8. The van der Waals surface area contributed by atoms with E-state index in [1.54, 1.807) is 72.4 Å². The first-order chi connectivity index (χ1) is 24.0. The highest BCUT2D eigenvalue weighted by atomic mass is 32.2. The molecule has 4 aromatic rings. The fourth-order valence-electron chi connectivity index (χ4n) is 5.22. The summed E-state index contributed by atoms with van der Waals surface area (Å²) in [6.45, 7) is 0.872. The number of nitrogens with one attached hydrogen (secondary N) is 2. The van der Waals surface area contributed by atoms with Crippen LogP contribution in [0.15, 0.2) is 119 Å². The van der Waals surface area contributed by atoms with Gasteiger partial charge in [-0.1, -0.05) is 84.0 Å². The van der Waals surface area contributed by atoms with Crippen LogP contribution < -0.4 is 15.6 Å². The average molecular weight is 681 g/mol. The van der Waals surface area contributed by atoms with Crippen LogP contribution >= 0.6 is 11.8 Å². The van der Waals surface area contributed by atoms with E-state index in [2.05, 4.69) is 20.9 Å². The normalized spacial score (nSPS) is 16.9. The molecular formula is C37H37FN6O4S. The summed E-state index contributed by atoms with van der Waals surface area (Å²) < 4.78 is 25.5. The maximum atomic E-state index is 14.3. The quantitative estimate of drug-likeness (QED) is 0.0348. The minimum atomic E-state index is -1.49. The minimum absolute atomic E-state index is 0.0357. The third-order valence-corrected chi connectivity index (χ3v) is 8.73. The van der Waals surface area contributed by atoms with E-state index in [4.69, 9.17) is 19.6 Å². The van der Waals surface area contributed by atoms with Crippen LogP contribution in [0.25, 0.3) is 16.5 Å². The molecule has 4 aromatic carbocycles. The Kier molecular flexibility index (Phi) is 12.8. The van der Waals surface area contributed by atoms with Crippen molar-refractivity contribution in [1.82, 2.24) is 10.9 Å². The molecule has 1 aliphatic heterocycles. The van der Waals surface area contributed by atoms with E-state index in [1.165, 1.54) is 12.1 Å². The van der Waals surface area contributed by atoms with Crippen molar-refractivity contribution in [2.45, 2.75) is 30.2 Å². The topological polar surface area (TPSA) is 141 Å². The Hall–Kier alpha value is -5.13. The molecule has 0 radical (unpaired) electrons. The number of carbonyl (C=O) groups is 1. The van der Waals surface area contributed by atoms with Crippen molar-refractivity contribution in [2.75, 3.05) is 25.5 Å². The molecule has 49 heavy (non-hydrogen) atoms. The first kappa shape index (κ1) is 35.2. The highest BCUT2D eigenvalue weighted by molar-refractivity contribution is 7.98. The molecule has 12 heteroatoms. The number of benzene rings is 4. The summed E-state index contributed by atoms with van der Waals surface area (Å²) in [5.41, 5.74) is 17.2. The lowest BCUT2D eigenvalue weighted by atomic mass is 9.83. The zero-order valence-electron chi connectivity index (χ0n) is 26.7. The number of aliphatic imine (C=N–C) groups is 1. The van der Waals surface area contributed by atoms with E-state index in [0.29, 0.717) is 53.6 Å². The summed E-state index contributed by atoms with van der Waals surface area (Å²) in [4.78, 5) is 22.3. The standard InChI is InChI=1S/C37H37FN6O4S/c38-30-17-13-28(14-18-30)26-49-25-22-40-43-36(46)37(21-6-10-27-8-2-1-3-9-27)34(32-11-4-5-12-33(32)42-44-39)48-35(41-37)29-15-19-31(20-16-29)47-24-7-23-45/h1-6,8-20,34,40,45H,7,21-26H2,(H,43,46)/b10-6+/t34-,37-/m0/s1. The largest absolute Gasteiger partial charge is 0.494 e. The zero-order chi connectivity index (χ0) is 34.3. The maximum Gasteiger partial charge on any atom is 0.266 e. The van der Waals surface area contributed by atoms with Crippen molar-refractivity contribution >= 4 is 35.3 Å². The Morgan fingerprint density at radius 1 is 1.06 bits per heavy atom. The van der Waals surface area contributed by atoms with Gasteiger partial charge < -0.3 is 14.6 Å². The number of aliphatic hydroxyl groups is 1. The number of hydrazine groups is 1.